The zero-order valence-corrected chi connectivity index (χ0v) is 11.3. The summed E-state index contributed by atoms with van der Waals surface area (Å²) in [6.45, 7) is 5.08. The zero-order chi connectivity index (χ0) is 13.7. The lowest BCUT2D eigenvalue weighted by atomic mass is 10.1. The Morgan fingerprint density at radius 3 is 2.26 bits per heavy atom. The molecule has 19 heavy (non-hydrogen) atoms. The van der Waals surface area contributed by atoms with Crippen LogP contribution >= 0.6 is 0 Å². The quantitative estimate of drug-likeness (QED) is 0.660. The number of hydrogen-bond acceptors (Lipinski definition) is 3. The number of rotatable bonds is 5. The third-order valence-corrected chi connectivity index (χ3v) is 2.85. The highest BCUT2D eigenvalue weighted by Gasteiger charge is 2.01. The van der Waals surface area contributed by atoms with Crippen molar-refractivity contribution >= 4 is 5.69 Å². The highest BCUT2D eigenvalue weighted by Crippen LogP contribution is 2.20. The van der Waals surface area contributed by atoms with Gasteiger partial charge in [-0.2, -0.15) is 0 Å². The van der Waals surface area contributed by atoms with E-state index in [2.05, 4.69) is 13.0 Å². The number of para-hydroxylation sites is 2. The maximum Gasteiger partial charge on any atom is 0.142 e. The summed E-state index contributed by atoms with van der Waals surface area (Å²) in [5.74, 6) is 1.60. The van der Waals surface area contributed by atoms with Crippen molar-refractivity contribution in [3.05, 3.63) is 53.6 Å². The van der Waals surface area contributed by atoms with E-state index in [-0.39, 0.29) is 0 Å². The second-order valence-corrected chi connectivity index (χ2v) is 4.50. The van der Waals surface area contributed by atoms with Crippen LogP contribution in [0, 0.1) is 13.8 Å². The molecule has 0 saturated heterocycles. The monoisotopic (exact) mass is 257 g/mol. The fourth-order valence-electron chi connectivity index (χ4n) is 1.88. The summed E-state index contributed by atoms with van der Waals surface area (Å²) in [5, 5.41) is 0. The molecule has 2 aromatic carbocycles. The fourth-order valence-corrected chi connectivity index (χ4v) is 1.88. The summed E-state index contributed by atoms with van der Waals surface area (Å²) >= 11 is 0. The molecule has 2 N–H and O–H groups in total. The maximum absolute atomic E-state index is 5.79. The van der Waals surface area contributed by atoms with Gasteiger partial charge in [-0.15, -0.1) is 0 Å². The average Bonchev–Trinajstić information content (AvgIpc) is 2.38. The van der Waals surface area contributed by atoms with E-state index in [1.807, 2.05) is 43.3 Å². The van der Waals surface area contributed by atoms with E-state index in [9.17, 15) is 0 Å². The van der Waals surface area contributed by atoms with Crippen LogP contribution in [0.25, 0.3) is 0 Å². The summed E-state index contributed by atoms with van der Waals surface area (Å²) in [7, 11) is 0. The SMILES string of the molecule is Cc1ccc(OCCOc2ccccc2N)c(C)c1. The van der Waals surface area contributed by atoms with Gasteiger partial charge in [-0.1, -0.05) is 29.8 Å². The first-order valence-electron chi connectivity index (χ1n) is 6.34. The van der Waals surface area contributed by atoms with Crippen LogP contribution in [0.2, 0.25) is 0 Å². The number of benzene rings is 2. The first-order valence-corrected chi connectivity index (χ1v) is 6.34. The maximum atomic E-state index is 5.79. The van der Waals surface area contributed by atoms with E-state index in [1.165, 1.54) is 5.56 Å². The van der Waals surface area contributed by atoms with Crippen molar-refractivity contribution in [1.29, 1.82) is 0 Å². The molecular formula is C16H19NO2. The lowest BCUT2D eigenvalue weighted by Crippen LogP contribution is -2.10. The number of nitrogens with two attached hydrogens (primary N) is 1. The van der Waals surface area contributed by atoms with Crippen LogP contribution in [0.3, 0.4) is 0 Å². The van der Waals surface area contributed by atoms with Crippen molar-refractivity contribution in [3.8, 4) is 11.5 Å². The van der Waals surface area contributed by atoms with Crippen molar-refractivity contribution in [3.63, 3.8) is 0 Å². The summed E-state index contributed by atoms with van der Waals surface area (Å²) in [6, 6.07) is 13.6. The van der Waals surface area contributed by atoms with Gasteiger partial charge in [0.05, 0.1) is 5.69 Å². The van der Waals surface area contributed by atoms with Crippen molar-refractivity contribution in [1.82, 2.24) is 0 Å². The highest BCUT2D eigenvalue weighted by molar-refractivity contribution is 5.51. The molecule has 0 amide bonds. The smallest absolute Gasteiger partial charge is 0.142 e. The fraction of sp³-hybridized carbons (Fsp3) is 0.250. The Labute approximate surface area is 114 Å². The average molecular weight is 257 g/mol. The first-order chi connectivity index (χ1) is 9.16. The number of aryl methyl sites for hydroxylation is 2. The molecule has 0 spiro atoms. The Kier molecular flexibility index (Phi) is 4.29. The molecule has 0 fully saturated rings. The topological polar surface area (TPSA) is 44.5 Å². The van der Waals surface area contributed by atoms with E-state index in [0.29, 0.717) is 24.7 Å². The lowest BCUT2D eigenvalue weighted by Gasteiger charge is -2.11. The molecule has 2 aromatic rings. The van der Waals surface area contributed by atoms with Gasteiger partial charge in [0.15, 0.2) is 0 Å². The first kappa shape index (κ1) is 13.3. The summed E-state index contributed by atoms with van der Waals surface area (Å²) in [6.07, 6.45) is 0. The third-order valence-electron chi connectivity index (χ3n) is 2.85. The minimum absolute atomic E-state index is 0.474. The van der Waals surface area contributed by atoms with Gasteiger partial charge in [0.25, 0.3) is 0 Å². The van der Waals surface area contributed by atoms with Gasteiger partial charge in [-0.05, 0) is 37.6 Å². The van der Waals surface area contributed by atoms with Crippen LogP contribution in [0.15, 0.2) is 42.5 Å². The van der Waals surface area contributed by atoms with E-state index < -0.39 is 0 Å². The molecule has 100 valence electrons. The molecule has 0 aliphatic heterocycles. The van der Waals surface area contributed by atoms with Crippen LogP contribution in [-0.4, -0.2) is 13.2 Å². The predicted octanol–water partition coefficient (Wildman–Crippen LogP) is 3.34. The zero-order valence-electron chi connectivity index (χ0n) is 11.3. The number of hydrogen-bond donors (Lipinski definition) is 1. The Balaban J connectivity index is 1.83. The minimum atomic E-state index is 0.474. The second-order valence-electron chi connectivity index (χ2n) is 4.50. The van der Waals surface area contributed by atoms with E-state index in [4.69, 9.17) is 15.2 Å². The Bertz CT molecular complexity index is 552. The molecule has 0 aliphatic carbocycles. The summed E-state index contributed by atoms with van der Waals surface area (Å²) < 4.78 is 11.3. The van der Waals surface area contributed by atoms with Crippen LogP contribution in [0.1, 0.15) is 11.1 Å². The van der Waals surface area contributed by atoms with Crippen molar-refractivity contribution < 1.29 is 9.47 Å². The third kappa shape index (κ3) is 3.65. The van der Waals surface area contributed by atoms with Crippen molar-refractivity contribution in [2.24, 2.45) is 0 Å². The number of ether oxygens (including phenoxy) is 2. The van der Waals surface area contributed by atoms with E-state index in [1.54, 1.807) is 0 Å². The highest BCUT2D eigenvalue weighted by atomic mass is 16.5. The van der Waals surface area contributed by atoms with Gasteiger partial charge in [0, 0.05) is 0 Å². The standard InChI is InChI=1S/C16H19NO2/c1-12-7-8-15(13(2)11-12)18-9-10-19-16-6-4-3-5-14(16)17/h3-8,11H,9-10,17H2,1-2H3. The molecule has 0 bridgehead atoms. The van der Waals surface area contributed by atoms with Crippen LogP contribution < -0.4 is 15.2 Å². The Hall–Kier alpha value is -2.16. The molecule has 0 radical (unpaired) electrons. The molecule has 0 atom stereocenters. The second kappa shape index (κ2) is 6.14. The lowest BCUT2D eigenvalue weighted by molar-refractivity contribution is 0.217. The Morgan fingerprint density at radius 2 is 1.58 bits per heavy atom. The van der Waals surface area contributed by atoms with Gasteiger partial charge < -0.3 is 15.2 Å². The number of anilines is 1. The minimum Gasteiger partial charge on any atom is -0.490 e. The van der Waals surface area contributed by atoms with Gasteiger partial charge in [0.1, 0.15) is 24.7 Å². The molecule has 0 heterocycles. The van der Waals surface area contributed by atoms with E-state index in [0.717, 1.165) is 11.3 Å². The molecular weight excluding hydrogens is 238 g/mol. The van der Waals surface area contributed by atoms with Gasteiger partial charge >= 0.3 is 0 Å². The largest absolute Gasteiger partial charge is 0.490 e. The summed E-state index contributed by atoms with van der Waals surface area (Å²) in [5.41, 5.74) is 8.81. The van der Waals surface area contributed by atoms with Gasteiger partial charge in [-0.25, -0.2) is 0 Å². The van der Waals surface area contributed by atoms with Crippen molar-refractivity contribution in [2.45, 2.75) is 13.8 Å². The molecule has 2 rings (SSSR count). The molecule has 3 heteroatoms. The molecule has 3 nitrogen and oxygen atoms in total. The molecule has 0 saturated carbocycles. The van der Waals surface area contributed by atoms with Crippen molar-refractivity contribution in [2.75, 3.05) is 18.9 Å². The molecule has 0 aromatic heterocycles. The predicted molar refractivity (Wildman–Crippen MR) is 77.8 cm³/mol. The van der Waals surface area contributed by atoms with Gasteiger partial charge in [0.2, 0.25) is 0 Å². The van der Waals surface area contributed by atoms with Crippen LogP contribution in [0.5, 0.6) is 11.5 Å². The number of nitrogen functional groups attached to an aromatic ring is 1. The van der Waals surface area contributed by atoms with Gasteiger partial charge in [-0.3, -0.25) is 0 Å². The normalized spacial score (nSPS) is 10.2. The summed E-state index contributed by atoms with van der Waals surface area (Å²) in [4.78, 5) is 0. The van der Waals surface area contributed by atoms with Crippen LogP contribution in [0.4, 0.5) is 5.69 Å². The Morgan fingerprint density at radius 1 is 0.895 bits per heavy atom. The molecule has 0 aliphatic rings. The van der Waals surface area contributed by atoms with Crippen LogP contribution in [-0.2, 0) is 0 Å². The molecule has 0 unspecified atom stereocenters. The van der Waals surface area contributed by atoms with E-state index >= 15 is 0 Å².